The zero-order valence-corrected chi connectivity index (χ0v) is 15.3. The van der Waals surface area contributed by atoms with Crippen LogP contribution < -0.4 is 10.2 Å². The average Bonchev–Trinajstić information content (AvgIpc) is 2.74. The van der Waals surface area contributed by atoms with Gasteiger partial charge < -0.3 is 15.1 Å². The van der Waals surface area contributed by atoms with Gasteiger partial charge in [-0.25, -0.2) is 0 Å². The largest absolute Gasteiger partial charge is 0.373 e. The van der Waals surface area contributed by atoms with Crippen molar-refractivity contribution in [2.45, 2.75) is 6.42 Å². The molecule has 5 heteroatoms. The Balaban J connectivity index is 1.49. The van der Waals surface area contributed by atoms with Crippen LogP contribution in [0.3, 0.4) is 0 Å². The molecule has 1 aliphatic rings. The number of hydrogen-bond acceptors (Lipinski definition) is 4. The number of benzene rings is 2. The second-order valence-corrected chi connectivity index (χ2v) is 6.50. The second-order valence-electron chi connectivity index (χ2n) is 6.50. The minimum absolute atomic E-state index is 0.163. The summed E-state index contributed by atoms with van der Waals surface area (Å²) in [6.45, 7) is 3.84. The van der Waals surface area contributed by atoms with Gasteiger partial charge in [0.25, 0.3) is 5.91 Å². The Morgan fingerprint density at radius 1 is 1.00 bits per heavy atom. The smallest absolute Gasteiger partial charge is 0.263 e. The van der Waals surface area contributed by atoms with Gasteiger partial charge in [0.05, 0.1) is 0 Å². The highest BCUT2D eigenvalue weighted by atomic mass is 16.1. The van der Waals surface area contributed by atoms with Crippen molar-refractivity contribution < 1.29 is 4.79 Å². The van der Waals surface area contributed by atoms with Crippen LogP contribution in [-0.2, 0) is 11.2 Å². The fourth-order valence-corrected chi connectivity index (χ4v) is 3.13. The molecule has 0 radical (unpaired) electrons. The van der Waals surface area contributed by atoms with Crippen LogP contribution in [0.25, 0.3) is 0 Å². The highest BCUT2D eigenvalue weighted by Crippen LogP contribution is 2.16. The van der Waals surface area contributed by atoms with E-state index in [2.05, 4.69) is 27.2 Å². The van der Waals surface area contributed by atoms with Crippen molar-refractivity contribution in [2.24, 2.45) is 0 Å². The van der Waals surface area contributed by atoms with Crippen molar-refractivity contribution in [3.8, 4) is 6.07 Å². The van der Waals surface area contributed by atoms with Crippen LogP contribution in [0.5, 0.6) is 0 Å². The Bertz CT molecular complexity index is 803. The number of piperazine rings is 1. The fraction of sp³-hybridized carbons (Fsp3) is 0.273. The number of rotatable bonds is 6. The van der Waals surface area contributed by atoms with Crippen molar-refractivity contribution in [3.63, 3.8) is 0 Å². The third-order valence-corrected chi connectivity index (χ3v) is 4.65. The number of nitriles is 1. The van der Waals surface area contributed by atoms with Gasteiger partial charge in [0, 0.05) is 44.6 Å². The highest BCUT2D eigenvalue weighted by molar-refractivity contribution is 5.97. The highest BCUT2D eigenvalue weighted by Gasteiger charge is 2.17. The van der Waals surface area contributed by atoms with Gasteiger partial charge in [-0.05, 0) is 24.1 Å². The summed E-state index contributed by atoms with van der Waals surface area (Å²) in [4.78, 5) is 16.7. The Labute approximate surface area is 160 Å². The van der Waals surface area contributed by atoms with Gasteiger partial charge in [0.2, 0.25) is 0 Å². The lowest BCUT2D eigenvalue weighted by Gasteiger charge is -2.35. The molecule has 138 valence electrons. The van der Waals surface area contributed by atoms with Crippen molar-refractivity contribution in [1.82, 2.24) is 10.2 Å². The number of anilines is 1. The third-order valence-electron chi connectivity index (χ3n) is 4.65. The summed E-state index contributed by atoms with van der Waals surface area (Å²) >= 11 is 0. The summed E-state index contributed by atoms with van der Waals surface area (Å²) < 4.78 is 0. The van der Waals surface area contributed by atoms with E-state index in [1.807, 2.05) is 54.6 Å². The summed E-state index contributed by atoms with van der Waals surface area (Å²) in [5.74, 6) is -0.307. The zero-order valence-electron chi connectivity index (χ0n) is 15.3. The average molecular weight is 360 g/mol. The minimum atomic E-state index is -0.307. The molecule has 3 rings (SSSR count). The Hall–Kier alpha value is -3.26. The van der Waals surface area contributed by atoms with Gasteiger partial charge in [-0.1, -0.05) is 48.5 Å². The van der Waals surface area contributed by atoms with Crippen molar-refractivity contribution in [2.75, 3.05) is 37.6 Å². The molecule has 1 heterocycles. The molecule has 1 fully saturated rings. The molecule has 0 aromatic heterocycles. The molecule has 1 amide bonds. The lowest BCUT2D eigenvalue weighted by molar-refractivity contribution is -0.117. The first-order valence-corrected chi connectivity index (χ1v) is 9.24. The standard InChI is InChI=1S/C22H24N4O/c23-17-20(22(27)24-12-11-19-7-3-1-4-8-19)18-25-13-15-26(16-14-25)21-9-5-2-6-10-21/h1-10,18H,11-16H2,(H,24,27). The first kappa shape index (κ1) is 18.5. The van der Waals surface area contributed by atoms with E-state index in [0.717, 1.165) is 38.2 Å². The molecule has 2 aromatic rings. The Kier molecular flexibility index (Phi) is 6.48. The van der Waals surface area contributed by atoms with E-state index in [1.165, 1.54) is 5.69 Å². The topological polar surface area (TPSA) is 59.4 Å². The normalized spacial score (nSPS) is 14.6. The molecular weight excluding hydrogens is 336 g/mol. The number of hydrogen-bond donors (Lipinski definition) is 1. The summed E-state index contributed by atoms with van der Waals surface area (Å²) in [5.41, 5.74) is 2.54. The van der Waals surface area contributed by atoms with Crippen LogP contribution >= 0.6 is 0 Å². The van der Waals surface area contributed by atoms with Gasteiger partial charge in [0.1, 0.15) is 11.6 Å². The van der Waals surface area contributed by atoms with Gasteiger partial charge in [-0.15, -0.1) is 0 Å². The van der Waals surface area contributed by atoms with E-state index < -0.39 is 0 Å². The second kappa shape index (κ2) is 9.44. The number of amides is 1. The van der Waals surface area contributed by atoms with Crippen LogP contribution in [0, 0.1) is 11.3 Å². The fourth-order valence-electron chi connectivity index (χ4n) is 3.13. The molecule has 1 N–H and O–H groups in total. The number of nitrogens with zero attached hydrogens (tertiary/aromatic N) is 3. The Morgan fingerprint density at radius 3 is 2.26 bits per heavy atom. The molecule has 0 atom stereocenters. The predicted molar refractivity (Wildman–Crippen MR) is 107 cm³/mol. The summed E-state index contributed by atoms with van der Waals surface area (Å²) in [5, 5.41) is 12.2. The molecule has 5 nitrogen and oxygen atoms in total. The predicted octanol–water partition coefficient (Wildman–Crippen LogP) is 2.57. The van der Waals surface area contributed by atoms with Crippen LogP contribution in [-0.4, -0.2) is 43.5 Å². The molecule has 0 spiro atoms. The SMILES string of the molecule is N#CC(=CN1CCN(c2ccccc2)CC1)C(=O)NCCc1ccccc1. The number of para-hydroxylation sites is 1. The summed E-state index contributed by atoms with van der Waals surface area (Å²) in [6.07, 6.45) is 2.45. The quantitative estimate of drug-likeness (QED) is 0.635. The monoisotopic (exact) mass is 360 g/mol. The molecule has 0 bridgehead atoms. The van der Waals surface area contributed by atoms with Gasteiger partial charge >= 0.3 is 0 Å². The maximum absolute atomic E-state index is 12.3. The van der Waals surface area contributed by atoms with E-state index in [4.69, 9.17) is 0 Å². The first-order chi connectivity index (χ1) is 13.3. The molecular formula is C22H24N4O. The molecule has 1 aliphatic heterocycles. The lowest BCUT2D eigenvalue weighted by Crippen LogP contribution is -2.44. The van der Waals surface area contributed by atoms with E-state index in [9.17, 15) is 10.1 Å². The molecule has 0 aliphatic carbocycles. The Morgan fingerprint density at radius 2 is 1.63 bits per heavy atom. The van der Waals surface area contributed by atoms with Gasteiger partial charge in [0.15, 0.2) is 0 Å². The summed E-state index contributed by atoms with van der Waals surface area (Å²) in [7, 11) is 0. The van der Waals surface area contributed by atoms with Crippen molar-refractivity contribution >= 4 is 11.6 Å². The van der Waals surface area contributed by atoms with Crippen molar-refractivity contribution in [1.29, 1.82) is 5.26 Å². The number of nitrogens with one attached hydrogen (secondary N) is 1. The van der Waals surface area contributed by atoms with E-state index in [0.29, 0.717) is 6.54 Å². The number of carbonyl (C=O) groups is 1. The van der Waals surface area contributed by atoms with Gasteiger partial charge in [-0.3, -0.25) is 4.79 Å². The maximum Gasteiger partial charge on any atom is 0.263 e. The minimum Gasteiger partial charge on any atom is -0.373 e. The maximum atomic E-state index is 12.3. The van der Waals surface area contributed by atoms with E-state index in [1.54, 1.807) is 6.20 Å². The first-order valence-electron chi connectivity index (χ1n) is 9.24. The number of carbonyl (C=O) groups excluding carboxylic acids is 1. The van der Waals surface area contributed by atoms with E-state index >= 15 is 0 Å². The van der Waals surface area contributed by atoms with Gasteiger partial charge in [-0.2, -0.15) is 5.26 Å². The summed E-state index contributed by atoms with van der Waals surface area (Å²) in [6, 6.07) is 22.3. The van der Waals surface area contributed by atoms with Crippen LogP contribution in [0.4, 0.5) is 5.69 Å². The molecule has 27 heavy (non-hydrogen) atoms. The zero-order chi connectivity index (χ0) is 18.9. The van der Waals surface area contributed by atoms with Crippen LogP contribution in [0.2, 0.25) is 0 Å². The van der Waals surface area contributed by atoms with Crippen LogP contribution in [0.15, 0.2) is 72.4 Å². The van der Waals surface area contributed by atoms with E-state index in [-0.39, 0.29) is 11.5 Å². The molecule has 1 saturated heterocycles. The molecule has 0 unspecified atom stereocenters. The molecule has 0 saturated carbocycles. The molecule has 2 aromatic carbocycles. The lowest BCUT2D eigenvalue weighted by atomic mass is 10.1. The van der Waals surface area contributed by atoms with Crippen LogP contribution in [0.1, 0.15) is 5.56 Å². The third kappa shape index (κ3) is 5.35. The van der Waals surface area contributed by atoms with Crippen molar-refractivity contribution in [3.05, 3.63) is 78.0 Å².